The van der Waals surface area contributed by atoms with Crippen LogP contribution in [0.2, 0.25) is 0 Å². The molecule has 0 bridgehead atoms. The fourth-order valence-corrected chi connectivity index (χ4v) is 0.900. The molecular weight excluding hydrogens is 262 g/mol. The number of aldehydes is 1. The maximum absolute atomic E-state index is 10.5. The maximum Gasteiger partial charge on any atom is 0.303 e. The number of aliphatic hydroxyl groups excluding tert-OH is 4. The molecule has 0 unspecified atom stereocenters. The van der Waals surface area contributed by atoms with Gasteiger partial charge < -0.3 is 36.6 Å². The molecule has 0 saturated heterocycles. The van der Waals surface area contributed by atoms with Gasteiger partial charge in [-0.15, -0.1) is 0 Å². The van der Waals surface area contributed by atoms with Gasteiger partial charge in [-0.2, -0.15) is 0 Å². The summed E-state index contributed by atoms with van der Waals surface area (Å²) in [5, 5.41) is 42.0. The van der Waals surface area contributed by atoms with Crippen LogP contribution in [0.15, 0.2) is 0 Å². The lowest BCUT2D eigenvalue weighted by Crippen LogP contribution is -2.47. The minimum Gasteiger partial charge on any atom is -0.452 e. The van der Waals surface area contributed by atoms with Gasteiger partial charge in [0.2, 0.25) is 0 Å². The molecule has 19 heavy (non-hydrogen) atoms. The molecule has 10 heteroatoms. The van der Waals surface area contributed by atoms with E-state index in [-0.39, 0.29) is 12.2 Å². The first kappa shape index (κ1) is 19.6. The smallest absolute Gasteiger partial charge is 0.303 e. The minimum atomic E-state index is -1.78. The van der Waals surface area contributed by atoms with Gasteiger partial charge in [0.05, 0.1) is 6.61 Å². The lowest BCUT2D eigenvalue weighted by molar-refractivity contribution is -0.166. The van der Waals surface area contributed by atoms with Crippen molar-refractivity contribution in [3.05, 3.63) is 0 Å². The molecule has 0 aromatic rings. The van der Waals surface area contributed by atoms with E-state index < -0.39 is 37.0 Å². The number of rotatable bonds is 6. The molecule has 0 aliphatic carbocycles. The van der Waals surface area contributed by atoms with Crippen molar-refractivity contribution in [2.45, 2.75) is 31.3 Å². The second-order valence-electron chi connectivity index (χ2n) is 3.40. The highest BCUT2D eigenvalue weighted by Gasteiger charge is 2.32. The van der Waals surface area contributed by atoms with Gasteiger partial charge in [0.25, 0.3) is 0 Å². The highest BCUT2D eigenvalue weighted by molar-refractivity contribution is 5.71. The highest BCUT2D eigenvalue weighted by atomic mass is 16.6. The monoisotopic (exact) mass is 281 g/mol. The summed E-state index contributed by atoms with van der Waals surface area (Å²) in [6, 6.07) is 0. The summed E-state index contributed by atoms with van der Waals surface area (Å²) in [6.45, 7) is 0.238. The number of ether oxygens (including phenoxy) is 1. The number of carbonyl (C=O) groups excluding carboxylic acids is 2. The van der Waals surface area contributed by atoms with Crippen molar-refractivity contribution < 1.29 is 34.8 Å². The SMILES string of the molecule is CC(=O)O[C@@H](C=O)[C@@H](O)[C@H](O)[C@H](O)CO.N=C(N)N. The average Bonchev–Trinajstić information content (AvgIpc) is 2.32. The van der Waals surface area contributed by atoms with Crippen LogP contribution < -0.4 is 11.5 Å². The first-order valence-corrected chi connectivity index (χ1v) is 5.04. The molecule has 0 aliphatic rings. The largest absolute Gasteiger partial charge is 0.452 e. The summed E-state index contributed by atoms with van der Waals surface area (Å²) in [6.07, 6.45) is -6.62. The van der Waals surface area contributed by atoms with E-state index in [4.69, 9.17) is 15.6 Å². The van der Waals surface area contributed by atoms with Crippen LogP contribution in [0.4, 0.5) is 0 Å². The fraction of sp³-hybridized carbons (Fsp3) is 0.667. The molecule has 0 spiro atoms. The first-order chi connectivity index (χ1) is 8.67. The number of nitrogens with one attached hydrogen (secondary N) is 1. The van der Waals surface area contributed by atoms with Crippen LogP contribution in [-0.2, 0) is 14.3 Å². The van der Waals surface area contributed by atoms with Crippen molar-refractivity contribution in [1.29, 1.82) is 5.41 Å². The molecule has 112 valence electrons. The Morgan fingerprint density at radius 3 is 2.00 bits per heavy atom. The van der Waals surface area contributed by atoms with Crippen LogP contribution in [0.5, 0.6) is 0 Å². The maximum atomic E-state index is 10.5. The topological polar surface area (TPSA) is 200 Å². The van der Waals surface area contributed by atoms with Crippen molar-refractivity contribution >= 4 is 18.2 Å². The van der Waals surface area contributed by atoms with E-state index in [9.17, 15) is 19.8 Å². The van der Waals surface area contributed by atoms with Crippen molar-refractivity contribution in [2.24, 2.45) is 11.5 Å². The molecule has 0 fully saturated rings. The van der Waals surface area contributed by atoms with E-state index in [0.717, 1.165) is 6.92 Å². The number of carbonyl (C=O) groups is 2. The number of esters is 1. The van der Waals surface area contributed by atoms with Crippen LogP contribution in [0.3, 0.4) is 0 Å². The third-order valence-corrected chi connectivity index (χ3v) is 1.70. The van der Waals surface area contributed by atoms with Gasteiger partial charge in [-0.1, -0.05) is 0 Å². The van der Waals surface area contributed by atoms with Gasteiger partial charge in [-0.05, 0) is 0 Å². The Morgan fingerprint density at radius 2 is 1.74 bits per heavy atom. The Labute approximate surface area is 109 Å². The molecule has 0 heterocycles. The van der Waals surface area contributed by atoms with E-state index >= 15 is 0 Å². The Bertz CT molecular complexity index is 296. The molecule has 0 rings (SSSR count). The van der Waals surface area contributed by atoms with Crippen LogP contribution >= 0.6 is 0 Å². The Morgan fingerprint density at radius 1 is 1.32 bits per heavy atom. The van der Waals surface area contributed by atoms with Crippen LogP contribution in [-0.4, -0.2) is 69.7 Å². The summed E-state index contributed by atoms with van der Waals surface area (Å²) >= 11 is 0. The Balaban J connectivity index is 0. The zero-order valence-electron chi connectivity index (χ0n) is 10.3. The molecule has 0 aromatic heterocycles. The summed E-state index contributed by atoms with van der Waals surface area (Å²) in [7, 11) is 0. The quantitative estimate of drug-likeness (QED) is 0.110. The molecule has 0 radical (unpaired) electrons. The number of guanidine groups is 1. The van der Waals surface area contributed by atoms with E-state index in [1.165, 1.54) is 0 Å². The molecule has 0 amide bonds. The van der Waals surface area contributed by atoms with Gasteiger partial charge in [0, 0.05) is 6.92 Å². The summed E-state index contributed by atoms with van der Waals surface area (Å²) in [4.78, 5) is 20.9. The number of nitrogens with two attached hydrogens (primary N) is 2. The normalized spacial score (nSPS) is 16.1. The third kappa shape index (κ3) is 9.91. The standard InChI is InChI=1S/C8H14O7.CH5N3/c1-4(11)15-6(3-10)8(14)7(13)5(12)2-9;2-1(3)4/h3,5-9,12-14H,2H2,1H3;(H5,2,3,4)/t5-,6+,7-,8-;/m1./s1. The van der Waals surface area contributed by atoms with Crippen molar-refractivity contribution in [3.8, 4) is 0 Å². The van der Waals surface area contributed by atoms with Crippen LogP contribution in [0, 0.1) is 5.41 Å². The number of aliphatic hydroxyl groups is 4. The molecule has 10 nitrogen and oxygen atoms in total. The van der Waals surface area contributed by atoms with Crippen molar-refractivity contribution in [2.75, 3.05) is 6.61 Å². The van der Waals surface area contributed by atoms with Crippen molar-refractivity contribution in [1.82, 2.24) is 0 Å². The van der Waals surface area contributed by atoms with E-state index in [0.29, 0.717) is 0 Å². The summed E-state index contributed by atoms with van der Waals surface area (Å²) in [5.74, 6) is -1.14. The number of hydrogen-bond acceptors (Lipinski definition) is 8. The van der Waals surface area contributed by atoms with Gasteiger partial charge in [-0.3, -0.25) is 15.0 Å². The van der Waals surface area contributed by atoms with Gasteiger partial charge in [0.15, 0.2) is 18.3 Å². The van der Waals surface area contributed by atoms with Crippen LogP contribution in [0.1, 0.15) is 6.92 Å². The predicted molar refractivity (Wildman–Crippen MR) is 62.8 cm³/mol. The third-order valence-electron chi connectivity index (χ3n) is 1.70. The van der Waals surface area contributed by atoms with E-state index in [1.54, 1.807) is 0 Å². The second kappa shape index (κ2) is 10.2. The Kier molecular flexibility index (Phi) is 10.5. The van der Waals surface area contributed by atoms with Crippen LogP contribution in [0.25, 0.3) is 0 Å². The molecular formula is C9H19N3O7. The van der Waals surface area contributed by atoms with Gasteiger partial charge in [-0.25, -0.2) is 0 Å². The summed E-state index contributed by atoms with van der Waals surface area (Å²) < 4.78 is 4.37. The summed E-state index contributed by atoms with van der Waals surface area (Å²) in [5.41, 5.74) is 8.94. The van der Waals surface area contributed by atoms with E-state index in [1.807, 2.05) is 0 Å². The zero-order valence-corrected chi connectivity index (χ0v) is 10.3. The lowest BCUT2D eigenvalue weighted by atomic mass is 10.0. The fourth-order valence-electron chi connectivity index (χ4n) is 0.900. The van der Waals surface area contributed by atoms with Crippen molar-refractivity contribution in [3.63, 3.8) is 0 Å². The average molecular weight is 281 g/mol. The predicted octanol–water partition coefficient (Wildman–Crippen LogP) is -3.97. The lowest BCUT2D eigenvalue weighted by Gasteiger charge is -2.24. The second-order valence-corrected chi connectivity index (χ2v) is 3.40. The molecule has 9 N–H and O–H groups in total. The first-order valence-electron chi connectivity index (χ1n) is 5.04. The van der Waals surface area contributed by atoms with E-state index in [2.05, 4.69) is 16.2 Å². The molecule has 0 aliphatic heterocycles. The molecule has 0 aromatic carbocycles. The van der Waals surface area contributed by atoms with Gasteiger partial charge in [0.1, 0.15) is 18.3 Å². The molecule has 4 atom stereocenters. The van der Waals surface area contributed by atoms with Gasteiger partial charge >= 0.3 is 5.97 Å². The Hall–Kier alpha value is -1.75. The molecule has 0 saturated carbocycles. The number of hydrogen-bond donors (Lipinski definition) is 7. The zero-order chi connectivity index (χ0) is 15.6. The minimum absolute atomic E-state index is 0.124. The highest BCUT2D eigenvalue weighted by Crippen LogP contribution is 2.06.